The summed E-state index contributed by atoms with van der Waals surface area (Å²) < 4.78 is 0. The Morgan fingerprint density at radius 1 is 1.38 bits per heavy atom. The van der Waals surface area contributed by atoms with Crippen molar-refractivity contribution in [2.45, 2.75) is 33.2 Å². The Hall–Kier alpha value is -0.0600. The van der Waals surface area contributed by atoms with Gasteiger partial charge in [0, 0.05) is 6.92 Å². The summed E-state index contributed by atoms with van der Waals surface area (Å²) in [6.45, 7) is 5.06. The number of hydrogen-bond acceptors (Lipinski definition) is 3. The number of carboxylic acids is 1. The summed E-state index contributed by atoms with van der Waals surface area (Å²) in [6.07, 6.45) is 0.405. The minimum absolute atomic E-state index is 0. The van der Waals surface area contributed by atoms with Gasteiger partial charge in [0.05, 0.1) is 12.0 Å². The van der Waals surface area contributed by atoms with E-state index >= 15 is 0 Å². The third kappa shape index (κ3) is 8.28. The van der Waals surface area contributed by atoms with Crippen molar-refractivity contribution in [2.24, 2.45) is 5.92 Å². The zero-order valence-electron chi connectivity index (χ0n) is 8.59. The standard InChI is InChI=1S/C8H15NO3.Na/c1-5(2)4-7(8(11)12)9-6(3)10;/h5,7H,4H2,1-3H3,(H,9,10)(H,11,12);/q;+1/p-1/t7-;/m1./s1. The van der Waals surface area contributed by atoms with Gasteiger partial charge >= 0.3 is 29.6 Å². The van der Waals surface area contributed by atoms with Crippen molar-refractivity contribution in [3.8, 4) is 0 Å². The number of carbonyl (C=O) groups excluding carboxylic acids is 2. The SMILES string of the molecule is CC(=O)N[C@H](CC(C)C)C(=O)[O-].[Na+]. The van der Waals surface area contributed by atoms with Crippen molar-refractivity contribution < 1.29 is 44.3 Å². The molecule has 0 aliphatic rings. The van der Waals surface area contributed by atoms with Gasteiger partial charge in [-0.2, -0.15) is 0 Å². The summed E-state index contributed by atoms with van der Waals surface area (Å²) in [4.78, 5) is 21.0. The fraction of sp³-hybridized carbons (Fsp3) is 0.750. The second kappa shape index (κ2) is 7.35. The van der Waals surface area contributed by atoms with Gasteiger partial charge in [-0.05, 0) is 12.3 Å². The average molecular weight is 195 g/mol. The maximum atomic E-state index is 10.5. The van der Waals surface area contributed by atoms with Gasteiger partial charge in [0.2, 0.25) is 5.91 Å². The Kier molecular flexibility index (Phi) is 8.72. The third-order valence-electron chi connectivity index (χ3n) is 1.37. The van der Waals surface area contributed by atoms with Crippen LogP contribution in [-0.4, -0.2) is 17.9 Å². The first-order valence-corrected chi connectivity index (χ1v) is 3.91. The first-order valence-electron chi connectivity index (χ1n) is 3.91. The molecule has 4 nitrogen and oxygen atoms in total. The molecular formula is C8H14NNaO3. The molecule has 1 atom stereocenters. The normalized spacial score (nSPS) is 11.7. The molecule has 0 saturated carbocycles. The maximum Gasteiger partial charge on any atom is 1.00 e. The minimum Gasteiger partial charge on any atom is -0.548 e. The van der Waals surface area contributed by atoms with Crippen molar-refractivity contribution in [1.82, 2.24) is 5.32 Å². The van der Waals surface area contributed by atoms with Gasteiger partial charge in [0.25, 0.3) is 0 Å². The van der Waals surface area contributed by atoms with Crippen LogP contribution in [0.3, 0.4) is 0 Å². The monoisotopic (exact) mass is 195 g/mol. The Balaban J connectivity index is 0. The zero-order valence-corrected chi connectivity index (χ0v) is 10.6. The molecule has 1 amide bonds. The molecule has 5 heteroatoms. The van der Waals surface area contributed by atoms with E-state index in [1.165, 1.54) is 6.92 Å². The summed E-state index contributed by atoms with van der Waals surface area (Å²) in [5, 5.41) is 12.8. The summed E-state index contributed by atoms with van der Waals surface area (Å²) in [6, 6.07) is -0.859. The molecule has 0 fully saturated rings. The smallest absolute Gasteiger partial charge is 0.548 e. The van der Waals surface area contributed by atoms with E-state index in [0.29, 0.717) is 6.42 Å². The van der Waals surface area contributed by atoms with Gasteiger partial charge in [-0.3, -0.25) is 4.79 Å². The first-order chi connectivity index (χ1) is 5.43. The van der Waals surface area contributed by atoms with Gasteiger partial charge in [-0.25, -0.2) is 0 Å². The molecule has 0 heterocycles. The van der Waals surface area contributed by atoms with Crippen LogP contribution >= 0.6 is 0 Å². The number of nitrogens with one attached hydrogen (secondary N) is 1. The fourth-order valence-electron chi connectivity index (χ4n) is 0.931. The molecule has 0 saturated heterocycles. The molecule has 0 aliphatic heterocycles. The van der Waals surface area contributed by atoms with Crippen molar-refractivity contribution in [3.63, 3.8) is 0 Å². The van der Waals surface area contributed by atoms with Crippen molar-refractivity contribution in [2.75, 3.05) is 0 Å². The zero-order chi connectivity index (χ0) is 9.72. The second-order valence-corrected chi connectivity index (χ2v) is 3.20. The van der Waals surface area contributed by atoms with Crippen LogP contribution in [0.4, 0.5) is 0 Å². The first kappa shape index (κ1) is 15.4. The van der Waals surface area contributed by atoms with Crippen LogP contribution in [0.1, 0.15) is 27.2 Å². The van der Waals surface area contributed by atoms with Crippen LogP contribution < -0.4 is 40.0 Å². The molecule has 0 rings (SSSR count). The average Bonchev–Trinajstić information content (AvgIpc) is 1.83. The quantitative estimate of drug-likeness (QED) is 0.469. The molecule has 0 bridgehead atoms. The van der Waals surface area contributed by atoms with E-state index in [0.717, 1.165) is 0 Å². The maximum absolute atomic E-state index is 10.5. The molecule has 0 radical (unpaired) electrons. The number of carbonyl (C=O) groups is 2. The molecular weight excluding hydrogens is 181 g/mol. The Morgan fingerprint density at radius 2 is 1.85 bits per heavy atom. The van der Waals surface area contributed by atoms with Gasteiger partial charge in [0.15, 0.2) is 0 Å². The summed E-state index contributed by atoms with van der Waals surface area (Å²) in [5.74, 6) is -1.34. The van der Waals surface area contributed by atoms with Gasteiger partial charge in [-0.1, -0.05) is 13.8 Å². The van der Waals surface area contributed by atoms with Crippen molar-refractivity contribution in [1.29, 1.82) is 0 Å². The van der Waals surface area contributed by atoms with Crippen LogP contribution in [0.5, 0.6) is 0 Å². The Bertz CT molecular complexity index is 182. The molecule has 70 valence electrons. The predicted octanol–water partition coefficient (Wildman–Crippen LogP) is -3.71. The summed E-state index contributed by atoms with van der Waals surface area (Å²) in [5.41, 5.74) is 0. The van der Waals surface area contributed by atoms with E-state index < -0.39 is 12.0 Å². The van der Waals surface area contributed by atoms with Crippen LogP contribution in [-0.2, 0) is 9.59 Å². The molecule has 0 aromatic carbocycles. The van der Waals surface area contributed by atoms with E-state index in [2.05, 4.69) is 5.32 Å². The number of carboxylic acid groups (broad SMARTS) is 1. The Labute approximate surface area is 100 Å². The van der Waals surface area contributed by atoms with Crippen LogP contribution in [0.15, 0.2) is 0 Å². The number of hydrogen-bond donors (Lipinski definition) is 1. The van der Waals surface area contributed by atoms with Gasteiger partial charge in [0.1, 0.15) is 0 Å². The molecule has 0 unspecified atom stereocenters. The molecule has 0 aromatic heterocycles. The van der Waals surface area contributed by atoms with Crippen LogP contribution in [0.2, 0.25) is 0 Å². The van der Waals surface area contributed by atoms with Gasteiger partial charge in [-0.15, -0.1) is 0 Å². The molecule has 1 N–H and O–H groups in total. The largest absolute Gasteiger partial charge is 1.00 e. The molecule has 0 spiro atoms. The van der Waals surface area contributed by atoms with Gasteiger partial charge < -0.3 is 15.2 Å². The Morgan fingerprint density at radius 3 is 2.08 bits per heavy atom. The van der Waals surface area contributed by atoms with Crippen LogP contribution in [0.25, 0.3) is 0 Å². The number of aliphatic carboxylic acids is 1. The fourth-order valence-corrected chi connectivity index (χ4v) is 0.931. The summed E-state index contributed by atoms with van der Waals surface area (Å²) >= 11 is 0. The van der Waals surface area contributed by atoms with E-state index in [4.69, 9.17) is 0 Å². The number of rotatable bonds is 4. The second-order valence-electron chi connectivity index (χ2n) is 3.20. The molecule has 13 heavy (non-hydrogen) atoms. The third-order valence-corrected chi connectivity index (χ3v) is 1.37. The molecule has 0 aromatic rings. The van der Waals surface area contributed by atoms with Crippen molar-refractivity contribution in [3.05, 3.63) is 0 Å². The van der Waals surface area contributed by atoms with Crippen molar-refractivity contribution >= 4 is 11.9 Å². The van der Waals surface area contributed by atoms with Crippen LogP contribution in [0, 0.1) is 5.92 Å². The van der Waals surface area contributed by atoms with E-state index in [1.54, 1.807) is 0 Å². The summed E-state index contributed by atoms with van der Waals surface area (Å²) in [7, 11) is 0. The van der Waals surface area contributed by atoms with E-state index in [1.807, 2.05) is 13.8 Å². The topological polar surface area (TPSA) is 69.2 Å². The molecule has 0 aliphatic carbocycles. The predicted molar refractivity (Wildman–Crippen MR) is 42.1 cm³/mol. The minimum atomic E-state index is -1.22. The van der Waals surface area contributed by atoms with E-state index in [-0.39, 0.29) is 41.4 Å². The number of amides is 1. The van der Waals surface area contributed by atoms with E-state index in [9.17, 15) is 14.7 Å².